The van der Waals surface area contributed by atoms with Crippen LogP contribution < -0.4 is 10.6 Å². The number of para-hydroxylation sites is 1. The van der Waals surface area contributed by atoms with Crippen LogP contribution in [0.2, 0.25) is 5.02 Å². The number of hydrogen-bond donors (Lipinski definition) is 2. The van der Waals surface area contributed by atoms with Gasteiger partial charge >= 0.3 is 6.03 Å². The van der Waals surface area contributed by atoms with Gasteiger partial charge in [0.1, 0.15) is 0 Å². The molecule has 100 valence electrons. The number of aromatic nitrogens is 1. The average molecular weight is 298 g/mol. The third-order valence-corrected chi connectivity index (χ3v) is 2.71. The fourth-order valence-electron chi connectivity index (χ4n) is 1.50. The molecule has 0 atom stereocenters. The fraction of sp³-hybridized carbons (Fsp3) is 0.0769. The maximum Gasteiger partial charge on any atom is 0.323 e. The molecule has 19 heavy (non-hydrogen) atoms. The zero-order chi connectivity index (χ0) is 13.0. The molecule has 2 aromatic rings. The van der Waals surface area contributed by atoms with Crippen molar-refractivity contribution < 1.29 is 4.79 Å². The molecule has 2 N–H and O–H groups in total. The van der Waals surface area contributed by atoms with Gasteiger partial charge in [-0.05, 0) is 30.7 Å². The molecule has 2 rings (SSSR count). The zero-order valence-electron chi connectivity index (χ0n) is 10.2. The van der Waals surface area contributed by atoms with Gasteiger partial charge in [0.2, 0.25) is 0 Å². The van der Waals surface area contributed by atoms with E-state index >= 15 is 0 Å². The molecule has 0 saturated carbocycles. The van der Waals surface area contributed by atoms with Crippen molar-refractivity contribution in [2.24, 2.45) is 0 Å². The maximum absolute atomic E-state index is 11.8. The van der Waals surface area contributed by atoms with Crippen molar-refractivity contribution in [1.82, 2.24) is 4.98 Å². The fourth-order valence-corrected chi connectivity index (χ4v) is 1.77. The largest absolute Gasteiger partial charge is 0.323 e. The van der Waals surface area contributed by atoms with Crippen molar-refractivity contribution in [3.05, 3.63) is 53.3 Å². The van der Waals surface area contributed by atoms with Crippen LogP contribution in [0.3, 0.4) is 0 Å². The molecule has 6 heteroatoms. The van der Waals surface area contributed by atoms with Crippen LogP contribution in [0, 0.1) is 6.92 Å². The minimum absolute atomic E-state index is 0. The normalized spacial score (nSPS) is 9.37. The molecule has 1 aromatic carbocycles. The van der Waals surface area contributed by atoms with Crippen LogP contribution in [0.25, 0.3) is 0 Å². The number of nitrogens with one attached hydrogen (secondary N) is 2. The molecule has 4 nitrogen and oxygen atoms in total. The summed E-state index contributed by atoms with van der Waals surface area (Å²) in [5.41, 5.74) is 2.20. The monoisotopic (exact) mass is 297 g/mol. The van der Waals surface area contributed by atoms with E-state index in [0.717, 1.165) is 5.56 Å². The highest BCUT2D eigenvalue weighted by Gasteiger charge is 2.07. The SMILES string of the molecule is Cc1cccc(Cl)c1NC(=O)Nc1ccncc1.Cl. The van der Waals surface area contributed by atoms with E-state index in [1.807, 2.05) is 19.1 Å². The molecular formula is C13H13Cl2N3O. The summed E-state index contributed by atoms with van der Waals surface area (Å²) in [4.78, 5) is 15.7. The third-order valence-electron chi connectivity index (χ3n) is 2.40. The first-order valence-corrected chi connectivity index (χ1v) is 5.78. The molecule has 0 radical (unpaired) electrons. The molecule has 0 spiro atoms. The van der Waals surface area contributed by atoms with Crippen LogP contribution in [0.5, 0.6) is 0 Å². The molecular weight excluding hydrogens is 285 g/mol. The van der Waals surface area contributed by atoms with E-state index in [1.54, 1.807) is 30.6 Å². The van der Waals surface area contributed by atoms with E-state index in [0.29, 0.717) is 16.4 Å². The third kappa shape index (κ3) is 4.12. The lowest BCUT2D eigenvalue weighted by atomic mass is 10.2. The summed E-state index contributed by atoms with van der Waals surface area (Å²) in [6.45, 7) is 1.88. The first-order valence-electron chi connectivity index (χ1n) is 5.40. The standard InChI is InChI=1S/C13H12ClN3O.ClH/c1-9-3-2-4-11(14)12(9)17-13(18)16-10-5-7-15-8-6-10;/h2-8H,1H3,(H2,15,16,17,18);1H. The van der Waals surface area contributed by atoms with Crippen LogP contribution in [-0.4, -0.2) is 11.0 Å². The molecule has 2 amide bonds. The molecule has 1 aromatic heterocycles. The van der Waals surface area contributed by atoms with Crippen molar-refractivity contribution in [2.45, 2.75) is 6.92 Å². The Morgan fingerprint density at radius 3 is 2.47 bits per heavy atom. The molecule has 0 saturated heterocycles. The number of hydrogen-bond acceptors (Lipinski definition) is 2. The summed E-state index contributed by atoms with van der Waals surface area (Å²) >= 11 is 6.02. The van der Waals surface area contributed by atoms with Gasteiger partial charge in [-0.1, -0.05) is 23.7 Å². The second kappa shape index (κ2) is 6.97. The number of anilines is 2. The summed E-state index contributed by atoms with van der Waals surface area (Å²) in [5, 5.41) is 5.93. The predicted octanol–water partition coefficient (Wildman–Crippen LogP) is 4.11. The Hall–Kier alpha value is -1.78. The van der Waals surface area contributed by atoms with Crippen molar-refractivity contribution >= 4 is 41.4 Å². The molecule has 0 aliphatic carbocycles. The highest BCUT2D eigenvalue weighted by molar-refractivity contribution is 6.34. The Morgan fingerprint density at radius 1 is 1.16 bits per heavy atom. The van der Waals surface area contributed by atoms with Gasteiger partial charge in [0.05, 0.1) is 10.7 Å². The van der Waals surface area contributed by atoms with Gasteiger partial charge in [-0.2, -0.15) is 0 Å². The first-order chi connectivity index (χ1) is 8.66. The van der Waals surface area contributed by atoms with Gasteiger partial charge < -0.3 is 10.6 Å². The summed E-state index contributed by atoms with van der Waals surface area (Å²) < 4.78 is 0. The maximum atomic E-state index is 11.8. The van der Waals surface area contributed by atoms with E-state index < -0.39 is 0 Å². The number of rotatable bonds is 2. The van der Waals surface area contributed by atoms with E-state index in [9.17, 15) is 4.79 Å². The molecule has 1 heterocycles. The highest BCUT2D eigenvalue weighted by Crippen LogP contribution is 2.25. The van der Waals surface area contributed by atoms with Crippen LogP contribution in [0.15, 0.2) is 42.7 Å². The number of pyridine rings is 1. The van der Waals surface area contributed by atoms with Gasteiger partial charge in [0.15, 0.2) is 0 Å². The van der Waals surface area contributed by atoms with Crippen molar-refractivity contribution in [2.75, 3.05) is 10.6 Å². The Kier molecular flexibility index (Phi) is 5.60. The lowest BCUT2D eigenvalue weighted by molar-refractivity contribution is 0.262. The summed E-state index contributed by atoms with van der Waals surface area (Å²) in [6.07, 6.45) is 3.21. The molecule has 0 bridgehead atoms. The number of amides is 2. The Labute approximate surface area is 122 Å². The summed E-state index contributed by atoms with van der Waals surface area (Å²) in [6, 6.07) is 8.53. The van der Waals surface area contributed by atoms with Gasteiger partial charge in [-0.15, -0.1) is 12.4 Å². The minimum Gasteiger partial charge on any atom is -0.308 e. The molecule has 0 aliphatic rings. The lowest BCUT2D eigenvalue weighted by Gasteiger charge is -2.11. The van der Waals surface area contributed by atoms with Crippen LogP contribution >= 0.6 is 24.0 Å². The lowest BCUT2D eigenvalue weighted by Crippen LogP contribution is -2.20. The second-order valence-electron chi connectivity index (χ2n) is 3.75. The smallest absolute Gasteiger partial charge is 0.308 e. The van der Waals surface area contributed by atoms with Crippen LogP contribution in [-0.2, 0) is 0 Å². The van der Waals surface area contributed by atoms with Crippen LogP contribution in [0.4, 0.5) is 16.2 Å². The van der Waals surface area contributed by atoms with Gasteiger partial charge in [0, 0.05) is 18.1 Å². The minimum atomic E-state index is -0.336. The van der Waals surface area contributed by atoms with Gasteiger partial charge in [0.25, 0.3) is 0 Å². The number of halogens is 2. The van der Waals surface area contributed by atoms with Gasteiger partial charge in [-0.3, -0.25) is 4.98 Å². The predicted molar refractivity (Wildman–Crippen MR) is 80.3 cm³/mol. The molecule has 0 unspecified atom stereocenters. The number of urea groups is 1. The van der Waals surface area contributed by atoms with Gasteiger partial charge in [-0.25, -0.2) is 4.79 Å². The van der Waals surface area contributed by atoms with E-state index in [4.69, 9.17) is 11.6 Å². The number of carbonyl (C=O) groups excluding carboxylic acids is 1. The molecule has 0 fully saturated rings. The summed E-state index contributed by atoms with van der Waals surface area (Å²) in [7, 11) is 0. The van der Waals surface area contributed by atoms with Crippen molar-refractivity contribution in [3.63, 3.8) is 0 Å². The summed E-state index contributed by atoms with van der Waals surface area (Å²) in [5.74, 6) is 0. The quantitative estimate of drug-likeness (QED) is 0.876. The van der Waals surface area contributed by atoms with Crippen LogP contribution in [0.1, 0.15) is 5.56 Å². The second-order valence-corrected chi connectivity index (χ2v) is 4.15. The zero-order valence-corrected chi connectivity index (χ0v) is 11.8. The topological polar surface area (TPSA) is 54.0 Å². The average Bonchev–Trinajstić information content (AvgIpc) is 2.35. The van der Waals surface area contributed by atoms with Crippen molar-refractivity contribution in [1.29, 1.82) is 0 Å². The Balaban J connectivity index is 0.00000180. The number of benzene rings is 1. The Bertz CT molecular complexity index is 541. The molecule has 0 aliphatic heterocycles. The van der Waals surface area contributed by atoms with E-state index in [-0.39, 0.29) is 18.4 Å². The van der Waals surface area contributed by atoms with Crippen molar-refractivity contribution in [3.8, 4) is 0 Å². The number of carbonyl (C=O) groups is 1. The number of aryl methyl sites for hydroxylation is 1. The highest BCUT2D eigenvalue weighted by atomic mass is 35.5. The first kappa shape index (κ1) is 15.3. The van der Waals surface area contributed by atoms with E-state index in [1.165, 1.54) is 0 Å². The number of nitrogens with zero attached hydrogens (tertiary/aromatic N) is 1. The van der Waals surface area contributed by atoms with E-state index in [2.05, 4.69) is 15.6 Å². The Morgan fingerprint density at radius 2 is 1.84 bits per heavy atom.